The summed E-state index contributed by atoms with van der Waals surface area (Å²) in [6, 6.07) is 0. The van der Waals surface area contributed by atoms with Crippen LogP contribution in [-0.2, 0) is 37.4 Å². The molecule has 1 radical (unpaired) electrons. The Bertz CT molecular complexity index is 141. The molecule has 0 saturated heterocycles. The molecule has 14 heavy (non-hydrogen) atoms. The summed E-state index contributed by atoms with van der Waals surface area (Å²) in [4.78, 5) is 0. The molecule has 0 heterocycles. The molecule has 0 unspecified atom stereocenters. The van der Waals surface area contributed by atoms with Crippen molar-refractivity contribution >= 4 is 0 Å². The first-order chi connectivity index (χ1) is 5.60. The summed E-state index contributed by atoms with van der Waals surface area (Å²) in [6.45, 7) is 16.0. The summed E-state index contributed by atoms with van der Waals surface area (Å²) in [6.07, 6.45) is 1.14. The standard InChI is InChI=1S/C12H25O.Y/c1-10(8-11(2,3)4)9-13-12(5,6)7;/h8-9H2,1-7H3;/q-1;. The van der Waals surface area contributed by atoms with Gasteiger partial charge < -0.3 is 4.74 Å². The minimum atomic E-state index is -0.0147. The van der Waals surface area contributed by atoms with Gasteiger partial charge in [-0.2, -0.15) is 13.3 Å². The monoisotopic (exact) mass is 274 g/mol. The van der Waals surface area contributed by atoms with E-state index in [-0.39, 0.29) is 38.3 Å². The van der Waals surface area contributed by atoms with Crippen molar-refractivity contribution in [2.24, 2.45) is 5.41 Å². The molecule has 0 saturated carbocycles. The SMILES string of the molecule is C[C-](COC(C)(C)C)CC(C)(C)C.[Y]. The van der Waals surface area contributed by atoms with Gasteiger partial charge in [0.1, 0.15) is 0 Å². The van der Waals surface area contributed by atoms with Crippen LogP contribution in [0.5, 0.6) is 0 Å². The van der Waals surface area contributed by atoms with E-state index in [4.69, 9.17) is 4.74 Å². The van der Waals surface area contributed by atoms with E-state index >= 15 is 0 Å². The predicted octanol–water partition coefficient (Wildman–Crippen LogP) is 3.83. The van der Waals surface area contributed by atoms with Gasteiger partial charge >= 0.3 is 0 Å². The van der Waals surface area contributed by atoms with Gasteiger partial charge in [0.25, 0.3) is 0 Å². The van der Waals surface area contributed by atoms with Crippen LogP contribution >= 0.6 is 0 Å². The van der Waals surface area contributed by atoms with Gasteiger partial charge in [-0.3, -0.25) is 5.92 Å². The normalized spacial score (nSPS) is 12.9. The van der Waals surface area contributed by atoms with Crippen LogP contribution < -0.4 is 0 Å². The molecule has 0 amide bonds. The number of rotatable bonds is 3. The first-order valence-electron chi connectivity index (χ1n) is 5.05. The maximum atomic E-state index is 5.70. The molecule has 0 aromatic carbocycles. The maximum absolute atomic E-state index is 5.70. The van der Waals surface area contributed by atoms with E-state index in [0.29, 0.717) is 5.41 Å². The van der Waals surface area contributed by atoms with E-state index in [9.17, 15) is 0 Å². The smallest absolute Gasteiger partial charge is 0.0563 e. The fourth-order valence-corrected chi connectivity index (χ4v) is 1.30. The summed E-state index contributed by atoms with van der Waals surface area (Å²) in [7, 11) is 0. The number of hydrogen-bond acceptors (Lipinski definition) is 1. The fraction of sp³-hybridized carbons (Fsp3) is 0.917. The van der Waals surface area contributed by atoms with Crippen molar-refractivity contribution in [3.05, 3.63) is 5.92 Å². The Morgan fingerprint density at radius 2 is 1.43 bits per heavy atom. The molecule has 0 spiro atoms. The van der Waals surface area contributed by atoms with Gasteiger partial charge in [-0.25, -0.2) is 0 Å². The van der Waals surface area contributed by atoms with Gasteiger partial charge in [0, 0.05) is 32.7 Å². The van der Waals surface area contributed by atoms with Crippen molar-refractivity contribution in [2.75, 3.05) is 6.61 Å². The van der Waals surface area contributed by atoms with Crippen LogP contribution in [0.15, 0.2) is 0 Å². The molecule has 0 aliphatic rings. The second-order valence-corrected chi connectivity index (χ2v) is 6.10. The Morgan fingerprint density at radius 3 is 1.71 bits per heavy atom. The number of ether oxygens (including phenoxy) is 1. The predicted molar refractivity (Wildman–Crippen MR) is 58.7 cm³/mol. The van der Waals surface area contributed by atoms with Crippen molar-refractivity contribution in [1.29, 1.82) is 0 Å². The Labute approximate surface area is 115 Å². The van der Waals surface area contributed by atoms with E-state index in [1.54, 1.807) is 0 Å². The molecule has 1 nitrogen and oxygen atoms in total. The van der Waals surface area contributed by atoms with Gasteiger partial charge in [-0.1, -0.05) is 32.8 Å². The van der Waals surface area contributed by atoms with Crippen molar-refractivity contribution < 1.29 is 37.4 Å². The zero-order chi connectivity index (χ0) is 10.7. The summed E-state index contributed by atoms with van der Waals surface area (Å²) in [5, 5.41) is 0. The Balaban J connectivity index is 0. The fourth-order valence-electron chi connectivity index (χ4n) is 1.30. The average molecular weight is 274 g/mol. The minimum absolute atomic E-state index is 0. The van der Waals surface area contributed by atoms with Crippen LogP contribution in [0.4, 0.5) is 0 Å². The molecular formula is C12H25OY-. The van der Waals surface area contributed by atoms with Crippen LogP contribution in [0.3, 0.4) is 0 Å². The quantitative estimate of drug-likeness (QED) is 0.711. The summed E-state index contributed by atoms with van der Waals surface area (Å²) >= 11 is 0. The topological polar surface area (TPSA) is 9.23 Å². The zero-order valence-electron chi connectivity index (χ0n) is 10.9. The molecular weight excluding hydrogens is 249 g/mol. The third kappa shape index (κ3) is 13.1. The molecule has 0 N–H and O–H groups in total. The van der Waals surface area contributed by atoms with Crippen molar-refractivity contribution in [1.82, 2.24) is 0 Å². The first-order valence-corrected chi connectivity index (χ1v) is 5.05. The summed E-state index contributed by atoms with van der Waals surface area (Å²) < 4.78 is 5.70. The van der Waals surface area contributed by atoms with Gasteiger partial charge in [-0.05, 0) is 20.8 Å². The van der Waals surface area contributed by atoms with Crippen LogP contribution in [0.25, 0.3) is 0 Å². The molecule has 2 heteroatoms. The number of hydrogen-bond donors (Lipinski definition) is 0. The molecule has 0 bridgehead atoms. The van der Waals surface area contributed by atoms with Gasteiger partial charge in [0.15, 0.2) is 0 Å². The Kier molecular flexibility index (Phi) is 8.24. The Morgan fingerprint density at radius 1 is 1.00 bits per heavy atom. The molecule has 0 aromatic heterocycles. The Hall–Kier alpha value is 1.06. The minimum Gasteiger partial charge on any atom is -0.407 e. The van der Waals surface area contributed by atoms with Crippen molar-refractivity contribution in [3.8, 4) is 0 Å². The zero-order valence-corrected chi connectivity index (χ0v) is 13.7. The molecule has 0 atom stereocenters. The average Bonchev–Trinajstić information content (AvgIpc) is 1.78. The van der Waals surface area contributed by atoms with Crippen LogP contribution in [0, 0.1) is 11.3 Å². The van der Waals surface area contributed by atoms with Gasteiger partial charge in [-0.15, -0.1) is 0 Å². The molecule has 0 rings (SSSR count). The first kappa shape index (κ1) is 17.5. The third-order valence-electron chi connectivity index (χ3n) is 1.58. The van der Waals surface area contributed by atoms with Crippen LogP contribution in [0.2, 0.25) is 0 Å². The maximum Gasteiger partial charge on any atom is 0.0563 e. The molecule has 83 valence electrons. The van der Waals surface area contributed by atoms with E-state index in [2.05, 4.69) is 48.5 Å². The molecule has 0 fully saturated rings. The van der Waals surface area contributed by atoms with E-state index in [1.165, 1.54) is 5.92 Å². The second-order valence-electron chi connectivity index (χ2n) is 6.10. The third-order valence-corrected chi connectivity index (χ3v) is 1.58. The van der Waals surface area contributed by atoms with E-state index < -0.39 is 0 Å². The van der Waals surface area contributed by atoms with Crippen molar-refractivity contribution in [2.45, 2.75) is 60.5 Å². The summed E-state index contributed by atoms with van der Waals surface area (Å²) in [5.74, 6) is 1.43. The summed E-state index contributed by atoms with van der Waals surface area (Å²) in [5.41, 5.74) is 0.366. The van der Waals surface area contributed by atoms with Crippen molar-refractivity contribution in [3.63, 3.8) is 0 Å². The van der Waals surface area contributed by atoms with Crippen LogP contribution in [0.1, 0.15) is 54.9 Å². The van der Waals surface area contributed by atoms with Gasteiger partial charge in [0.2, 0.25) is 0 Å². The van der Waals surface area contributed by atoms with Crippen LogP contribution in [-0.4, -0.2) is 12.2 Å². The molecule has 0 aliphatic carbocycles. The van der Waals surface area contributed by atoms with E-state index in [1.807, 2.05) is 0 Å². The molecule has 0 aliphatic heterocycles. The molecule has 0 aromatic rings. The largest absolute Gasteiger partial charge is 0.407 e. The van der Waals surface area contributed by atoms with Gasteiger partial charge in [0.05, 0.1) is 5.60 Å². The van der Waals surface area contributed by atoms with E-state index in [0.717, 1.165) is 13.0 Å². The second kappa shape index (κ2) is 6.60.